The van der Waals surface area contributed by atoms with Gasteiger partial charge in [-0.3, -0.25) is 4.79 Å². The molecule has 0 fully saturated rings. The zero-order valence-corrected chi connectivity index (χ0v) is 24.9. The minimum atomic E-state index is -0.400. The van der Waals surface area contributed by atoms with Crippen LogP contribution in [0.25, 0.3) is 17.0 Å². The van der Waals surface area contributed by atoms with Crippen LogP contribution in [0.1, 0.15) is 28.5 Å². The summed E-state index contributed by atoms with van der Waals surface area (Å²) in [4.78, 5) is 30.4. The Morgan fingerprint density at radius 3 is 2.38 bits per heavy atom. The van der Waals surface area contributed by atoms with E-state index in [9.17, 15) is 9.59 Å². The van der Waals surface area contributed by atoms with Gasteiger partial charge in [0.1, 0.15) is 11.5 Å². The predicted molar refractivity (Wildman–Crippen MR) is 169 cm³/mol. The lowest BCUT2D eigenvalue weighted by atomic mass is 10.1. The van der Waals surface area contributed by atoms with Crippen LogP contribution in [0.5, 0.6) is 11.5 Å². The van der Waals surface area contributed by atoms with Crippen molar-refractivity contribution in [2.24, 2.45) is 0 Å². The molecule has 0 aliphatic carbocycles. The SMILES string of the molecule is CCn1c(C)c(/C=C2\Oc3ccc(NC(=O)Nc4ccc(N(C)CCN(C)C)cc4)cc3C2=O)c2cc(OC)ccc21. The van der Waals surface area contributed by atoms with Gasteiger partial charge in [-0.1, -0.05) is 0 Å². The molecule has 2 heterocycles. The molecule has 5 rings (SSSR count). The Balaban J connectivity index is 1.29. The van der Waals surface area contributed by atoms with E-state index in [2.05, 4.69) is 31.9 Å². The van der Waals surface area contributed by atoms with E-state index in [1.54, 1.807) is 31.4 Å². The minimum absolute atomic E-state index is 0.234. The predicted octanol–water partition coefficient (Wildman–Crippen LogP) is 6.24. The molecule has 42 heavy (non-hydrogen) atoms. The molecular formula is C33H37N5O4. The molecule has 3 aromatic carbocycles. The van der Waals surface area contributed by atoms with Gasteiger partial charge in [0.15, 0.2) is 5.76 Å². The molecule has 0 saturated heterocycles. The van der Waals surface area contributed by atoms with E-state index in [4.69, 9.17) is 9.47 Å². The standard InChI is InChI=1S/C33H37N5O4/c1-7-38-21(2)26(27-19-25(41-6)13-14-29(27)38)20-31-32(39)28-18-23(10-15-30(28)42-31)35-33(40)34-22-8-11-24(12-9-22)37(5)17-16-36(3)4/h8-15,18-20H,7,16-17H2,1-6H3,(H2,34,35,40)/b31-20-. The first-order valence-corrected chi connectivity index (χ1v) is 14.0. The van der Waals surface area contributed by atoms with Crippen LogP contribution in [0.15, 0.2) is 66.4 Å². The number of rotatable bonds is 9. The maximum absolute atomic E-state index is 13.4. The number of ether oxygens (including phenoxy) is 2. The molecule has 2 N–H and O–H groups in total. The zero-order chi connectivity index (χ0) is 30.0. The second-order valence-corrected chi connectivity index (χ2v) is 10.6. The summed E-state index contributed by atoms with van der Waals surface area (Å²) >= 11 is 0. The smallest absolute Gasteiger partial charge is 0.323 e. The maximum Gasteiger partial charge on any atom is 0.323 e. The normalized spacial score (nSPS) is 13.4. The molecule has 0 bridgehead atoms. The first-order chi connectivity index (χ1) is 20.2. The molecule has 0 unspecified atom stereocenters. The number of methoxy groups -OCH3 is 1. The Labute approximate surface area is 246 Å². The minimum Gasteiger partial charge on any atom is -0.497 e. The van der Waals surface area contributed by atoms with E-state index in [-0.39, 0.29) is 11.5 Å². The van der Waals surface area contributed by atoms with Crippen molar-refractivity contribution in [1.82, 2.24) is 9.47 Å². The second-order valence-electron chi connectivity index (χ2n) is 10.6. The lowest BCUT2D eigenvalue weighted by Gasteiger charge is -2.21. The third-order valence-corrected chi connectivity index (χ3v) is 7.55. The fraction of sp³-hybridized carbons (Fsp3) is 0.273. The fourth-order valence-corrected chi connectivity index (χ4v) is 5.17. The third-order valence-electron chi connectivity index (χ3n) is 7.55. The number of nitrogens with zero attached hydrogens (tertiary/aromatic N) is 3. The summed E-state index contributed by atoms with van der Waals surface area (Å²) in [5.41, 5.74) is 5.64. The highest BCUT2D eigenvalue weighted by Crippen LogP contribution is 2.36. The fourth-order valence-electron chi connectivity index (χ4n) is 5.17. The number of allylic oxidation sites excluding steroid dienone is 1. The van der Waals surface area contributed by atoms with E-state index in [0.717, 1.165) is 53.2 Å². The number of urea groups is 1. The van der Waals surface area contributed by atoms with Crippen LogP contribution >= 0.6 is 0 Å². The molecule has 0 atom stereocenters. The van der Waals surface area contributed by atoms with E-state index in [1.165, 1.54) is 0 Å². The van der Waals surface area contributed by atoms with Crippen molar-refractivity contribution in [3.05, 3.63) is 83.2 Å². The number of carbonyl (C=O) groups excluding carboxylic acids is 2. The lowest BCUT2D eigenvalue weighted by Crippen LogP contribution is -2.28. The van der Waals surface area contributed by atoms with Crippen LogP contribution in [0, 0.1) is 6.92 Å². The first kappa shape index (κ1) is 28.8. The number of carbonyl (C=O) groups is 2. The van der Waals surface area contributed by atoms with E-state index < -0.39 is 6.03 Å². The number of ketones is 1. The Hall–Kier alpha value is -4.76. The molecule has 218 valence electrons. The van der Waals surface area contributed by atoms with E-state index >= 15 is 0 Å². The molecule has 2 amide bonds. The number of hydrogen-bond acceptors (Lipinski definition) is 6. The summed E-state index contributed by atoms with van der Waals surface area (Å²) in [5.74, 6) is 1.21. The van der Waals surface area contributed by atoms with Gasteiger partial charge in [0.2, 0.25) is 5.78 Å². The Bertz CT molecular complexity index is 1670. The molecule has 0 radical (unpaired) electrons. The van der Waals surface area contributed by atoms with Gasteiger partial charge in [0.05, 0.1) is 12.7 Å². The van der Waals surface area contributed by atoms with Crippen LogP contribution in [0.3, 0.4) is 0 Å². The van der Waals surface area contributed by atoms with Gasteiger partial charge >= 0.3 is 6.03 Å². The Morgan fingerprint density at radius 2 is 1.69 bits per heavy atom. The van der Waals surface area contributed by atoms with E-state index in [0.29, 0.717) is 22.7 Å². The number of amides is 2. The number of fused-ring (bicyclic) bond motifs is 2. The Morgan fingerprint density at radius 1 is 0.976 bits per heavy atom. The number of benzene rings is 3. The number of anilines is 3. The number of likely N-dealkylation sites (N-methyl/N-ethyl adjacent to an activating group) is 2. The van der Waals surface area contributed by atoms with Crippen LogP contribution in [-0.4, -0.2) is 62.6 Å². The quantitative estimate of drug-likeness (QED) is 0.233. The van der Waals surface area contributed by atoms with E-state index in [1.807, 2.05) is 70.5 Å². The molecule has 9 nitrogen and oxygen atoms in total. The monoisotopic (exact) mass is 567 g/mol. The van der Waals surface area contributed by atoms with Gasteiger partial charge in [-0.25, -0.2) is 4.79 Å². The lowest BCUT2D eigenvalue weighted by molar-refractivity contribution is 0.101. The highest BCUT2D eigenvalue weighted by Gasteiger charge is 2.29. The summed E-state index contributed by atoms with van der Waals surface area (Å²) in [7, 11) is 7.77. The highest BCUT2D eigenvalue weighted by atomic mass is 16.5. The number of nitrogens with one attached hydrogen (secondary N) is 2. The number of aromatic nitrogens is 1. The highest BCUT2D eigenvalue weighted by molar-refractivity contribution is 6.16. The summed E-state index contributed by atoms with van der Waals surface area (Å²) in [6, 6.07) is 18.3. The molecule has 1 aliphatic rings. The summed E-state index contributed by atoms with van der Waals surface area (Å²) in [6.07, 6.45) is 1.80. The van der Waals surface area contributed by atoms with Gasteiger partial charge in [-0.2, -0.15) is 0 Å². The summed E-state index contributed by atoms with van der Waals surface area (Å²) < 4.78 is 13.6. The molecule has 0 saturated carbocycles. The van der Waals surface area contributed by atoms with Gasteiger partial charge in [0, 0.05) is 65.9 Å². The van der Waals surface area contributed by atoms with Crippen molar-refractivity contribution >= 4 is 45.9 Å². The molecule has 4 aromatic rings. The maximum atomic E-state index is 13.4. The van der Waals surface area contributed by atoms with Gasteiger partial charge in [-0.05, 0) is 94.7 Å². The van der Waals surface area contributed by atoms with Gasteiger partial charge < -0.3 is 34.5 Å². The molecule has 1 aliphatic heterocycles. The van der Waals surface area contributed by atoms with Gasteiger partial charge in [-0.15, -0.1) is 0 Å². The van der Waals surface area contributed by atoms with Crippen molar-refractivity contribution in [2.75, 3.05) is 56.9 Å². The van der Waals surface area contributed by atoms with Crippen LogP contribution < -0.4 is 25.0 Å². The number of Topliss-reactive ketones (excluding diaryl/α,β-unsaturated/α-hetero) is 1. The first-order valence-electron chi connectivity index (χ1n) is 14.0. The summed E-state index contributed by atoms with van der Waals surface area (Å²) in [5, 5.41) is 6.66. The number of hydrogen-bond donors (Lipinski definition) is 2. The van der Waals surface area contributed by atoms with Crippen LogP contribution in [-0.2, 0) is 6.54 Å². The Kier molecular flexibility index (Phi) is 8.22. The molecule has 0 spiro atoms. The summed E-state index contributed by atoms with van der Waals surface area (Å²) in [6.45, 7) is 6.76. The van der Waals surface area contributed by atoms with Gasteiger partial charge in [0.25, 0.3) is 0 Å². The van der Waals surface area contributed by atoms with Crippen molar-refractivity contribution in [2.45, 2.75) is 20.4 Å². The topological polar surface area (TPSA) is 88.1 Å². The molecular weight excluding hydrogens is 530 g/mol. The average Bonchev–Trinajstić information content (AvgIpc) is 3.43. The van der Waals surface area contributed by atoms with Crippen LogP contribution in [0.2, 0.25) is 0 Å². The zero-order valence-electron chi connectivity index (χ0n) is 24.9. The van der Waals surface area contributed by atoms with Crippen molar-refractivity contribution < 1.29 is 19.1 Å². The molecule has 1 aromatic heterocycles. The largest absolute Gasteiger partial charge is 0.497 e. The van der Waals surface area contributed by atoms with Crippen molar-refractivity contribution in [3.63, 3.8) is 0 Å². The second kappa shape index (κ2) is 12.0. The third kappa shape index (κ3) is 5.82. The van der Waals surface area contributed by atoms with Crippen molar-refractivity contribution in [1.29, 1.82) is 0 Å². The average molecular weight is 568 g/mol. The molecule has 9 heteroatoms. The van der Waals surface area contributed by atoms with Crippen molar-refractivity contribution in [3.8, 4) is 11.5 Å². The number of aryl methyl sites for hydroxylation is 1. The van der Waals surface area contributed by atoms with Crippen LogP contribution in [0.4, 0.5) is 21.9 Å².